The van der Waals surface area contributed by atoms with Gasteiger partial charge in [-0.1, -0.05) is 39.2 Å². The summed E-state index contributed by atoms with van der Waals surface area (Å²) in [4.78, 5) is 42.1. The van der Waals surface area contributed by atoms with Gasteiger partial charge in [-0.2, -0.15) is 0 Å². The van der Waals surface area contributed by atoms with Crippen molar-refractivity contribution in [2.24, 2.45) is 5.92 Å². The predicted octanol–water partition coefficient (Wildman–Crippen LogP) is 3.65. The molecule has 2 fully saturated rings. The van der Waals surface area contributed by atoms with Crippen LogP contribution in [0.15, 0.2) is 18.2 Å². The van der Waals surface area contributed by atoms with Gasteiger partial charge in [0.15, 0.2) is 11.5 Å². The number of ether oxygens (including phenoxy) is 2. The summed E-state index contributed by atoms with van der Waals surface area (Å²) in [5.74, 6) is 0.153. The molecule has 1 saturated heterocycles. The van der Waals surface area contributed by atoms with Crippen LogP contribution in [-0.4, -0.2) is 71.7 Å². The first-order valence-electron chi connectivity index (χ1n) is 12.5. The van der Waals surface area contributed by atoms with Crippen LogP contribution in [0.4, 0.5) is 4.79 Å². The van der Waals surface area contributed by atoms with Gasteiger partial charge in [0.25, 0.3) is 0 Å². The molecule has 1 saturated carbocycles. The number of hydrogen-bond donors (Lipinski definition) is 2. The molecule has 3 rings (SSSR count). The highest BCUT2D eigenvalue weighted by atomic mass is 16.5. The molecule has 3 amide bonds. The van der Waals surface area contributed by atoms with E-state index in [-0.39, 0.29) is 36.9 Å². The lowest BCUT2D eigenvalue weighted by atomic mass is 9.94. The van der Waals surface area contributed by atoms with Crippen LogP contribution in [0.25, 0.3) is 0 Å². The summed E-state index contributed by atoms with van der Waals surface area (Å²) in [6, 6.07) is 3.88. The zero-order valence-electron chi connectivity index (χ0n) is 21.3. The molecule has 1 aromatic carbocycles. The Morgan fingerprint density at radius 2 is 1.80 bits per heavy atom. The maximum Gasteiger partial charge on any atom is 0.318 e. The monoisotopic (exact) mass is 489 g/mol. The van der Waals surface area contributed by atoms with E-state index in [1.165, 1.54) is 4.90 Å². The van der Waals surface area contributed by atoms with E-state index in [0.717, 1.165) is 37.7 Å². The van der Waals surface area contributed by atoms with E-state index in [2.05, 4.69) is 5.32 Å². The van der Waals surface area contributed by atoms with E-state index >= 15 is 0 Å². The molecule has 1 aromatic rings. The van der Waals surface area contributed by atoms with Crippen LogP contribution in [0.1, 0.15) is 64.4 Å². The van der Waals surface area contributed by atoms with Gasteiger partial charge in [-0.25, -0.2) is 4.79 Å². The van der Waals surface area contributed by atoms with E-state index in [1.54, 1.807) is 25.2 Å². The fourth-order valence-electron chi connectivity index (χ4n) is 5.19. The van der Waals surface area contributed by atoms with Crippen molar-refractivity contribution in [2.75, 3.05) is 20.8 Å². The molecule has 9 nitrogen and oxygen atoms in total. The molecule has 0 aromatic heterocycles. The van der Waals surface area contributed by atoms with Crippen molar-refractivity contribution in [1.82, 2.24) is 15.1 Å². The standard InChI is InChI=1S/C26H39N3O6/c1-17(2)12-21-25(32)28(15-18-10-11-22(34-3)23(13-18)35-4)16-20(14-24(30)31)29(21)26(33)27-19-8-6-5-7-9-19/h10-11,13,17,19-21H,5-9,12,14-16H2,1-4H3,(H,27,33)(H,30,31)/t20?,21-/m0/s1. The predicted molar refractivity (Wildman–Crippen MR) is 131 cm³/mol. The maximum absolute atomic E-state index is 13.7. The number of carbonyl (C=O) groups is 3. The number of nitrogens with one attached hydrogen (secondary N) is 1. The second kappa shape index (κ2) is 12.1. The lowest BCUT2D eigenvalue weighted by Gasteiger charge is -2.46. The molecule has 0 spiro atoms. The minimum absolute atomic E-state index is 0.0707. The first-order chi connectivity index (χ1) is 16.7. The molecule has 2 N–H and O–H groups in total. The van der Waals surface area contributed by atoms with E-state index in [4.69, 9.17) is 9.47 Å². The second-order valence-corrected chi connectivity index (χ2v) is 10.00. The number of carboxylic acid groups (broad SMARTS) is 1. The fraction of sp³-hybridized carbons (Fsp3) is 0.654. The average Bonchev–Trinajstić information content (AvgIpc) is 2.81. The number of methoxy groups -OCH3 is 2. The average molecular weight is 490 g/mol. The molecule has 1 heterocycles. The van der Waals surface area contributed by atoms with E-state index in [9.17, 15) is 19.5 Å². The molecular formula is C26H39N3O6. The summed E-state index contributed by atoms with van der Waals surface area (Å²) in [6.07, 6.45) is 5.37. The third-order valence-corrected chi connectivity index (χ3v) is 6.85. The zero-order valence-corrected chi connectivity index (χ0v) is 21.3. The molecular weight excluding hydrogens is 450 g/mol. The smallest absolute Gasteiger partial charge is 0.318 e. The number of rotatable bonds is 9. The largest absolute Gasteiger partial charge is 0.493 e. The SMILES string of the molecule is COc1ccc(CN2CC(CC(=O)O)N(C(=O)NC3CCCCC3)[C@@H](CC(C)C)C2=O)cc1OC. The fourth-order valence-corrected chi connectivity index (χ4v) is 5.19. The quantitative estimate of drug-likeness (QED) is 0.548. The molecule has 9 heteroatoms. The van der Waals surface area contributed by atoms with E-state index in [1.807, 2.05) is 26.0 Å². The van der Waals surface area contributed by atoms with Crippen LogP contribution in [0, 0.1) is 5.92 Å². The second-order valence-electron chi connectivity index (χ2n) is 10.00. The third-order valence-electron chi connectivity index (χ3n) is 6.85. The minimum atomic E-state index is -0.992. The highest BCUT2D eigenvalue weighted by Gasteiger charge is 2.44. The maximum atomic E-state index is 13.7. The van der Waals surface area contributed by atoms with E-state index < -0.39 is 18.1 Å². The van der Waals surface area contributed by atoms with Crippen LogP contribution < -0.4 is 14.8 Å². The van der Waals surface area contributed by atoms with Crippen molar-refractivity contribution >= 4 is 17.9 Å². The Balaban J connectivity index is 1.87. The zero-order chi connectivity index (χ0) is 25.5. The van der Waals surface area contributed by atoms with Gasteiger partial charge in [-0.3, -0.25) is 9.59 Å². The summed E-state index contributed by atoms with van der Waals surface area (Å²) in [7, 11) is 3.11. The molecule has 1 unspecified atom stereocenters. The summed E-state index contributed by atoms with van der Waals surface area (Å²) < 4.78 is 10.7. The van der Waals surface area contributed by atoms with Gasteiger partial charge in [0.2, 0.25) is 5.91 Å². The Morgan fingerprint density at radius 1 is 1.11 bits per heavy atom. The number of carbonyl (C=O) groups excluding carboxylic acids is 2. The van der Waals surface area contributed by atoms with Crippen molar-refractivity contribution in [2.45, 2.75) is 83.5 Å². The molecule has 1 aliphatic carbocycles. The van der Waals surface area contributed by atoms with Gasteiger partial charge in [0.05, 0.1) is 26.7 Å². The van der Waals surface area contributed by atoms with Crippen molar-refractivity contribution in [3.8, 4) is 11.5 Å². The van der Waals surface area contributed by atoms with Gasteiger partial charge in [-0.15, -0.1) is 0 Å². The Hall–Kier alpha value is -2.97. The van der Waals surface area contributed by atoms with Crippen molar-refractivity contribution < 1.29 is 29.0 Å². The minimum Gasteiger partial charge on any atom is -0.493 e. The lowest BCUT2D eigenvalue weighted by molar-refractivity contribution is -0.148. The van der Waals surface area contributed by atoms with Crippen molar-refractivity contribution in [1.29, 1.82) is 0 Å². The highest BCUT2D eigenvalue weighted by molar-refractivity contribution is 5.89. The van der Waals surface area contributed by atoms with Gasteiger partial charge >= 0.3 is 12.0 Å². The van der Waals surface area contributed by atoms with Crippen LogP contribution >= 0.6 is 0 Å². The Bertz CT molecular complexity index is 899. The van der Waals surface area contributed by atoms with Crippen LogP contribution in [0.5, 0.6) is 11.5 Å². The Labute approximate surface area is 207 Å². The van der Waals surface area contributed by atoms with Gasteiger partial charge in [0, 0.05) is 19.1 Å². The molecule has 0 radical (unpaired) electrons. The normalized spacial score (nSPS) is 21.2. The number of benzene rings is 1. The van der Waals surface area contributed by atoms with E-state index in [0.29, 0.717) is 24.5 Å². The topological polar surface area (TPSA) is 108 Å². The molecule has 0 bridgehead atoms. The third kappa shape index (κ3) is 6.80. The van der Waals surface area contributed by atoms with Crippen molar-refractivity contribution in [3.63, 3.8) is 0 Å². The number of carboxylic acids is 1. The summed E-state index contributed by atoms with van der Waals surface area (Å²) in [6.45, 7) is 4.46. The summed E-state index contributed by atoms with van der Waals surface area (Å²) in [5, 5.41) is 12.7. The number of aliphatic carboxylic acids is 1. The van der Waals surface area contributed by atoms with Crippen molar-refractivity contribution in [3.05, 3.63) is 23.8 Å². The number of amides is 3. The number of piperazine rings is 1. The highest BCUT2D eigenvalue weighted by Crippen LogP contribution is 2.30. The van der Waals surface area contributed by atoms with Crippen LogP contribution in [0.2, 0.25) is 0 Å². The van der Waals surface area contributed by atoms with Gasteiger partial charge < -0.3 is 29.7 Å². The number of urea groups is 1. The molecule has 194 valence electrons. The summed E-state index contributed by atoms with van der Waals surface area (Å²) in [5.41, 5.74) is 0.841. The number of hydrogen-bond acceptors (Lipinski definition) is 5. The first-order valence-corrected chi connectivity index (χ1v) is 12.5. The van der Waals surface area contributed by atoms with Crippen LogP contribution in [-0.2, 0) is 16.1 Å². The molecule has 35 heavy (non-hydrogen) atoms. The van der Waals surface area contributed by atoms with Gasteiger partial charge in [0.1, 0.15) is 6.04 Å². The molecule has 2 aliphatic rings. The number of nitrogens with zero attached hydrogens (tertiary/aromatic N) is 2. The Kier molecular flexibility index (Phi) is 9.23. The lowest BCUT2D eigenvalue weighted by Crippen LogP contribution is -2.66. The van der Waals surface area contributed by atoms with Gasteiger partial charge in [-0.05, 0) is 42.9 Å². The van der Waals surface area contributed by atoms with Crippen LogP contribution in [0.3, 0.4) is 0 Å². The first kappa shape index (κ1) is 26.6. The molecule has 2 atom stereocenters. The summed E-state index contributed by atoms with van der Waals surface area (Å²) >= 11 is 0. The molecule has 1 aliphatic heterocycles. The Morgan fingerprint density at radius 3 is 2.40 bits per heavy atom.